The summed E-state index contributed by atoms with van der Waals surface area (Å²) < 4.78 is 51.1. The molecule has 0 saturated carbocycles. The Kier molecular flexibility index (Phi) is 8.31. The summed E-state index contributed by atoms with van der Waals surface area (Å²) in [6.45, 7) is 1.34. The molecule has 188 valence electrons. The molecular formula is C24H26F4N4O3. The zero-order valence-corrected chi connectivity index (χ0v) is 19.1. The molecule has 2 aromatic rings. The van der Waals surface area contributed by atoms with Crippen LogP contribution in [0.4, 0.5) is 23.2 Å². The van der Waals surface area contributed by atoms with Gasteiger partial charge in [-0.2, -0.15) is 13.2 Å². The molecule has 35 heavy (non-hydrogen) atoms. The number of anilines is 1. The van der Waals surface area contributed by atoms with E-state index in [1.165, 1.54) is 13.0 Å². The van der Waals surface area contributed by atoms with E-state index < -0.39 is 30.4 Å². The Balaban J connectivity index is 1.52. The SMILES string of the molecule is Cc1c(F)cc(C(=O)NCC(F)(F)F)cc1NCC(=O)NCc1ccc(C(=O)N2CCCC2)cc1. The lowest BCUT2D eigenvalue weighted by molar-refractivity contribution is -0.123. The fourth-order valence-electron chi connectivity index (χ4n) is 3.58. The van der Waals surface area contributed by atoms with E-state index in [1.54, 1.807) is 29.6 Å². The Bertz CT molecular complexity index is 1080. The summed E-state index contributed by atoms with van der Waals surface area (Å²) in [5, 5.41) is 7.08. The smallest absolute Gasteiger partial charge is 0.376 e. The van der Waals surface area contributed by atoms with Gasteiger partial charge in [-0.3, -0.25) is 14.4 Å². The molecule has 3 amide bonds. The summed E-state index contributed by atoms with van der Waals surface area (Å²) in [6, 6.07) is 8.95. The van der Waals surface area contributed by atoms with Crippen LogP contribution in [0.2, 0.25) is 0 Å². The number of nitrogens with one attached hydrogen (secondary N) is 3. The first-order chi connectivity index (χ1) is 16.5. The van der Waals surface area contributed by atoms with Crippen molar-refractivity contribution in [3.63, 3.8) is 0 Å². The lowest BCUT2D eigenvalue weighted by Gasteiger charge is -2.15. The summed E-state index contributed by atoms with van der Waals surface area (Å²) in [5.41, 5.74) is 1.29. The van der Waals surface area contributed by atoms with Gasteiger partial charge >= 0.3 is 6.18 Å². The van der Waals surface area contributed by atoms with Gasteiger partial charge in [0.15, 0.2) is 0 Å². The topological polar surface area (TPSA) is 90.5 Å². The number of hydrogen-bond donors (Lipinski definition) is 3. The molecule has 1 fully saturated rings. The zero-order valence-electron chi connectivity index (χ0n) is 19.1. The van der Waals surface area contributed by atoms with Crippen LogP contribution >= 0.6 is 0 Å². The highest BCUT2D eigenvalue weighted by Crippen LogP contribution is 2.21. The molecule has 11 heteroatoms. The molecule has 3 rings (SSSR count). The van der Waals surface area contributed by atoms with Crippen LogP contribution in [0.5, 0.6) is 0 Å². The first-order valence-electron chi connectivity index (χ1n) is 11.1. The Morgan fingerprint density at radius 3 is 2.26 bits per heavy atom. The van der Waals surface area contributed by atoms with Crippen LogP contribution in [0, 0.1) is 12.7 Å². The highest BCUT2D eigenvalue weighted by molar-refractivity contribution is 5.96. The van der Waals surface area contributed by atoms with Crippen molar-refractivity contribution in [3.05, 3.63) is 64.5 Å². The number of hydrogen-bond acceptors (Lipinski definition) is 4. The average molecular weight is 494 g/mol. The van der Waals surface area contributed by atoms with Crippen LogP contribution in [0.15, 0.2) is 36.4 Å². The summed E-state index contributed by atoms with van der Waals surface area (Å²) >= 11 is 0. The summed E-state index contributed by atoms with van der Waals surface area (Å²) in [5.74, 6) is -2.32. The number of carbonyl (C=O) groups is 3. The fraction of sp³-hybridized carbons (Fsp3) is 0.375. The van der Waals surface area contributed by atoms with Crippen LogP contribution in [0.1, 0.15) is 44.7 Å². The molecule has 1 heterocycles. The van der Waals surface area contributed by atoms with Gasteiger partial charge in [-0.25, -0.2) is 4.39 Å². The Morgan fingerprint density at radius 1 is 0.971 bits per heavy atom. The minimum absolute atomic E-state index is 0.0146. The number of rotatable bonds is 8. The third-order valence-corrected chi connectivity index (χ3v) is 5.58. The van der Waals surface area contributed by atoms with Crippen molar-refractivity contribution in [2.75, 3.05) is 31.5 Å². The van der Waals surface area contributed by atoms with Gasteiger partial charge in [0.2, 0.25) is 5.91 Å². The lowest BCUT2D eigenvalue weighted by Crippen LogP contribution is -2.34. The third kappa shape index (κ3) is 7.43. The van der Waals surface area contributed by atoms with Crippen molar-refractivity contribution in [2.24, 2.45) is 0 Å². The van der Waals surface area contributed by atoms with Crippen molar-refractivity contribution in [1.82, 2.24) is 15.5 Å². The van der Waals surface area contributed by atoms with E-state index in [0.717, 1.165) is 37.6 Å². The maximum Gasteiger partial charge on any atom is 0.405 e. The largest absolute Gasteiger partial charge is 0.405 e. The minimum Gasteiger partial charge on any atom is -0.376 e. The molecular weight excluding hydrogens is 468 g/mol. The molecule has 3 N–H and O–H groups in total. The normalized spacial score (nSPS) is 13.5. The van der Waals surface area contributed by atoms with Gasteiger partial charge in [-0.15, -0.1) is 0 Å². The Labute approximate surface area is 199 Å². The molecule has 7 nitrogen and oxygen atoms in total. The fourth-order valence-corrected chi connectivity index (χ4v) is 3.58. The maximum absolute atomic E-state index is 14.2. The molecule has 0 spiro atoms. The van der Waals surface area contributed by atoms with Crippen molar-refractivity contribution >= 4 is 23.4 Å². The minimum atomic E-state index is -4.60. The van der Waals surface area contributed by atoms with E-state index in [-0.39, 0.29) is 35.8 Å². The Hall–Kier alpha value is -3.63. The van der Waals surface area contributed by atoms with Gasteiger partial charge in [0, 0.05) is 42.0 Å². The van der Waals surface area contributed by atoms with Gasteiger partial charge in [0.05, 0.1) is 6.54 Å². The zero-order chi connectivity index (χ0) is 25.6. The first kappa shape index (κ1) is 26.0. The van der Waals surface area contributed by atoms with Crippen molar-refractivity contribution in [2.45, 2.75) is 32.5 Å². The van der Waals surface area contributed by atoms with Crippen LogP contribution in [-0.4, -0.2) is 55.0 Å². The average Bonchev–Trinajstić information content (AvgIpc) is 3.36. The summed E-state index contributed by atoms with van der Waals surface area (Å²) in [7, 11) is 0. The number of alkyl halides is 3. The van der Waals surface area contributed by atoms with E-state index in [0.29, 0.717) is 5.56 Å². The second-order valence-corrected chi connectivity index (χ2v) is 8.25. The van der Waals surface area contributed by atoms with Crippen molar-refractivity contribution in [3.8, 4) is 0 Å². The molecule has 1 aliphatic heterocycles. The highest BCUT2D eigenvalue weighted by atomic mass is 19.4. The van der Waals surface area contributed by atoms with Crippen LogP contribution in [-0.2, 0) is 11.3 Å². The Morgan fingerprint density at radius 2 is 1.63 bits per heavy atom. The predicted octanol–water partition coefficient (Wildman–Crippen LogP) is 3.39. The molecule has 0 radical (unpaired) electrons. The number of amides is 3. The molecule has 0 aromatic heterocycles. The molecule has 0 bridgehead atoms. The van der Waals surface area contributed by atoms with Crippen molar-refractivity contribution in [1.29, 1.82) is 0 Å². The molecule has 0 unspecified atom stereocenters. The standard InChI is InChI=1S/C24H26F4N4O3/c1-15-19(25)10-18(22(34)31-14-24(26,27)28)11-20(15)29-13-21(33)30-12-16-4-6-17(7-5-16)23(35)32-8-2-3-9-32/h4-7,10-11,29H,2-3,8-9,12-14H2,1H3,(H,30,33)(H,31,34). The third-order valence-electron chi connectivity index (χ3n) is 5.58. The van der Waals surface area contributed by atoms with E-state index in [2.05, 4.69) is 10.6 Å². The molecule has 0 aliphatic carbocycles. The number of halogens is 4. The van der Waals surface area contributed by atoms with Crippen LogP contribution < -0.4 is 16.0 Å². The second-order valence-electron chi connectivity index (χ2n) is 8.25. The molecule has 2 aromatic carbocycles. The van der Waals surface area contributed by atoms with E-state index >= 15 is 0 Å². The monoisotopic (exact) mass is 494 g/mol. The van der Waals surface area contributed by atoms with E-state index in [4.69, 9.17) is 0 Å². The molecule has 1 saturated heterocycles. The van der Waals surface area contributed by atoms with Gasteiger partial charge in [-0.1, -0.05) is 12.1 Å². The number of nitrogens with zero attached hydrogens (tertiary/aromatic N) is 1. The summed E-state index contributed by atoms with van der Waals surface area (Å²) in [4.78, 5) is 38.4. The summed E-state index contributed by atoms with van der Waals surface area (Å²) in [6.07, 6.45) is -2.58. The van der Waals surface area contributed by atoms with Gasteiger partial charge < -0.3 is 20.9 Å². The molecule has 0 atom stereocenters. The second kappa shape index (κ2) is 11.2. The van der Waals surface area contributed by atoms with Crippen molar-refractivity contribution < 1.29 is 31.9 Å². The highest BCUT2D eigenvalue weighted by Gasteiger charge is 2.28. The lowest BCUT2D eigenvalue weighted by atomic mass is 10.1. The van der Waals surface area contributed by atoms with Gasteiger partial charge in [0.1, 0.15) is 12.4 Å². The number of likely N-dealkylation sites (tertiary alicyclic amines) is 1. The first-order valence-corrected chi connectivity index (χ1v) is 11.1. The van der Waals surface area contributed by atoms with Gasteiger partial charge in [-0.05, 0) is 49.6 Å². The van der Waals surface area contributed by atoms with E-state index in [9.17, 15) is 31.9 Å². The predicted molar refractivity (Wildman–Crippen MR) is 121 cm³/mol. The number of carbonyl (C=O) groups excluding carboxylic acids is 3. The maximum atomic E-state index is 14.2. The van der Waals surface area contributed by atoms with Crippen LogP contribution in [0.3, 0.4) is 0 Å². The van der Waals surface area contributed by atoms with Crippen LogP contribution in [0.25, 0.3) is 0 Å². The number of benzene rings is 2. The van der Waals surface area contributed by atoms with Gasteiger partial charge in [0.25, 0.3) is 11.8 Å². The quantitative estimate of drug-likeness (QED) is 0.491. The molecule has 1 aliphatic rings. The van der Waals surface area contributed by atoms with E-state index in [1.807, 2.05) is 4.90 Å².